The van der Waals surface area contributed by atoms with Gasteiger partial charge in [-0.05, 0) is 61.1 Å². The topological polar surface area (TPSA) is 20.2 Å². The van der Waals surface area contributed by atoms with Crippen molar-refractivity contribution in [2.75, 3.05) is 6.61 Å². The van der Waals surface area contributed by atoms with Crippen molar-refractivity contribution in [1.82, 2.24) is 0 Å². The Morgan fingerprint density at radius 3 is 2.50 bits per heavy atom. The summed E-state index contributed by atoms with van der Waals surface area (Å²) < 4.78 is 14.1. The van der Waals surface area contributed by atoms with E-state index in [4.69, 9.17) is 5.11 Å². The maximum absolute atomic E-state index is 14.1. The maximum atomic E-state index is 14.1. The summed E-state index contributed by atoms with van der Waals surface area (Å²) in [5.74, 6) is 0.751. The smallest absolute Gasteiger partial charge is 0.126 e. The van der Waals surface area contributed by atoms with Crippen molar-refractivity contribution in [3.05, 3.63) is 35.1 Å². The van der Waals surface area contributed by atoms with Crippen LogP contribution < -0.4 is 0 Å². The molecule has 2 heteroatoms. The van der Waals surface area contributed by atoms with Crippen LogP contribution in [0.15, 0.2) is 18.2 Å². The normalized spacial score (nSPS) is 24.2. The molecule has 0 radical (unpaired) electrons. The zero-order valence-corrected chi connectivity index (χ0v) is 11.2. The van der Waals surface area contributed by atoms with Crippen molar-refractivity contribution in [2.45, 2.75) is 51.4 Å². The molecule has 1 saturated carbocycles. The fraction of sp³-hybridized carbons (Fsp3) is 0.625. The predicted molar refractivity (Wildman–Crippen MR) is 72.2 cm³/mol. The Hall–Kier alpha value is -0.890. The second-order valence-electron chi connectivity index (χ2n) is 5.51. The van der Waals surface area contributed by atoms with Crippen LogP contribution in [0.3, 0.4) is 0 Å². The first-order valence-electron chi connectivity index (χ1n) is 7.13. The van der Waals surface area contributed by atoms with E-state index in [1.54, 1.807) is 6.07 Å². The summed E-state index contributed by atoms with van der Waals surface area (Å²) in [5, 5.41) is 9.12. The number of hydrogen-bond acceptors (Lipinski definition) is 1. The molecule has 1 fully saturated rings. The molecule has 0 aliphatic heterocycles. The van der Waals surface area contributed by atoms with Gasteiger partial charge in [-0.15, -0.1) is 0 Å². The summed E-state index contributed by atoms with van der Waals surface area (Å²) in [6, 6.07) is 5.75. The minimum Gasteiger partial charge on any atom is -0.396 e. The molecule has 0 bridgehead atoms. The number of halogens is 1. The molecule has 1 N–H and O–H groups in total. The average molecular weight is 250 g/mol. The van der Waals surface area contributed by atoms with E-state index in [-0.39, 0.29) is 12.4 Å². The van der Waals surface area contributed by atoms with Crippen molar-refractivity contribution < 1.29 is 9.50 Å². The molecule has 0 aromatic heterocycles. The zero-order valence-electron chi connectivity index (χ0n) is 11.2. The number of aryl methyl sites for hydroxylation is 1. The van der Waals surface area contributed by atoms with E-state index >= 15 is 0 Å². The van der Waals surface area contributed by atoms with Gasteiger partial charge in [-0.3, -0.25) is 0 Å². The SMILES string of the molecule is CCCc1ccc(C2CCC(CO)CC2)c(F)c1. The van der Waals surface area contributed by atoms with Gasteiger partial charge in [0, 0.05) is 6.61 Å². The number of rotatable bonds is 4. The second-order valence-corrected chi connectivity index (χ2v) is 5.51. The quantitative estimate of drug-likeness (QED) is 0.855. The van der Waals surface area contributed by atoms with E-state index in [1.165, 1.54) is 0 Å². The van der Waals surface area contributed by atoms with Crippen LogP contribution in [0.4, 0.5) is 4.39 Å². The first kappa shape index (κ1) is 13.5. The molecule has 1 aromatic rings. The molecule has 1 aromatic carbocycles. The van der Waals surface area contributed by atoms with Crippen LogP contribution in [-0.4, -0.2) is 11.7 Å². The molecule has 1 nitrogen and oxygen atoms in total. The summed E-state index contributed by atoms with van der Waals surface area (Å²) in [6.45, 7) is 2.40. The highest BCUT2D eigenvalue weighted by Crippen LogP contribution is 2.36. The number of aliphatic hydroxyl groups is 1. The van der Waals surface area contributed by atoms with Gasteiger partial charge in [0.15, 0.2) is 0 Å². The summed E-state index contributed by atoms with van der Waals surface area (Å²) in [4.78, 5) is 0. The van der Waals surface area contributed by atoms with Crippen molar-refractivity contribution in [3.63, 3.8) is 0 Å². The standard InChI is InChI=1S/C16H23FO/c1-2-3-12-6-9-15(16(17)10-12)14-7-4-13(11-18)5-8-14/h6,9-10,13-14,18H,2-5,7-8,11H2,1H3. The molecule has 0 amide bonds. The lowest BCUT2D eigenvalue weighted by atomic mass is 9.78. The van der Waals surface area contributed by atoms with Gasteiger partial charge >= 0.3 is 0 Å². The van der Waals surface area contributed by atoms with Crippen LogP contribution in [0, 0.1) is 11.7 Å². The van der Waals surface area contributed by atoms with E-state index in [9.17, 15) is 4.39 Å². The van der Waals surface area contributed by atoms with Crippen LogP contribution >= 0.6 is 0 Å². The van der Waals surface area contributed by atoms with Gasteiger partial charge in [0.25, 0.3) is 0 Å². The van der Waals surface area contributed by atoms with Crippen molar-refractivity contribution >= 4 is 0 Å². The maximum Gasteiger partial charge on any atom is 0.126 e. The molecular weight excluding hydrogens is 227 g/mol. The Bertz CT molecular complexity index is 381. The molecule has 100 valence electrons. The fourth-order valence-corrected chi connectivity index (χ4v) is 3.00. The minimum atomic E-state index is -0.0339. The highest BCUT2D eigenvalue weighted by atomic mass is 19.1. The molecule has 0 spiro atoms. The monoisotopic (exact) mass is 250 g/mol. The molecular formula is C16H23FO. The second kappa shape index (κ2) is 6.33. The first-order chi connectivity index (χ1) is 8.74. The number of aliphatic hydroxyl groups excluding tert-OH is 1. The van der Waals surface area contributed by atoms with Crippen LogP contribution in [0.2, 0.25) is 0 Å². The van der Waals surface area contributed by atoms with E-state index in [0.29, 0.717) is 11.8 Å². The Balaban J connectivity index is 2.05. The van der Waals surface area contributed by atoms with E-state index in [0.717, 1.165) is 49.7 Å². The van der Waals surface area contributed by atoms with Crippen molar-refractivity contribution in [3.8, 4) is 0 Å². The molecule has 0 atom stereocenters. The third kappa shape index (κ3) is 3.11. The van der Waals surface area contributed by atoms with Gasteiger partial charge in [0.2, 0.25) is 0 Å². The van der Waals surface area contributed by atoms with Gasteiger partial charge < -0.3 is 5.11 Å². The number of hydrogen-bond donors (Lipinski definition) is 1. The van der Waals surface area contributed by atoms with E-state index < -0.39 is 0 Å². The Morgan fingerprint density at radius 2 is 1.94 bits per heavy atom. The van der Waals surface area contributed by atoms with Crippen molar-refractivity contribution in [1.29, 1.82) is 0 Å². The van der Waals surface area contributed by atoms with Gasteiger partial charge in [0.05, 0.1) is 0 Å². The summed E-state index contributed by atoms with van der Waals surface area (Å²) >= 11 is 0. The molecule has 1 aliphatic rings. The van der Waals surface area contributed by atoms with Gasteiger partial charge in [0.1, 0.15) is 5.82 Å². The van der Waals surface area contributed by atoms with Crippen molar-refractivity contribution in [2.24, 2.45) is 5.92 Å². The highest BCUT2D eigenvalue weighted by Gasteiger charge is 2.23. The van der Waals surface area contributed by atoms with Crippen LogP contribution in [0.1, 0.15) is 56.1 Å². The Morgan fingerprint density at radius 1 is 1.22 bits per heavy atom. The highest BCUT2D eigenvalue weighted by molar-refractivity contribution is 5.27. The summed E-state index contributed by atoms with van der Waals surface area (Å²) in [6.07, 6.45) is 6.08. The molecule has 0 heterocycles. The Kier molecular flexibility index (Phi) is 4.76. The molecule has 0 unspecified atom stereocenters. The van der Waals surface area contributed by atoms with Gasteiger partial charge in [-0.25, -0.2) is 4.39 Å². The minimum absolute atomic E-state index is 0.0339. The van der Waals surface area contributed by atoms with E-state index in [2.05, 4.69) is 13.0 Å². The molecule has 18 heavy (non-hydrogen) atoms. The van der Waals surface area contributed by atoms with Crippen LogP contribution in [0.5, 0.6) is 0 Å². The average Bonchev–Trinajstić information content (AvgIpc) is 2.40. The van der Waals surface area contributed by atoms with Crippen LogP contribution in [0.25, 0.3) is 0 Å². The Labute approximate surface area is 109 Å². The summed E-state index contributed by atoms with van der Waals surface area (Å²) in [5.41, 5.74) is 1.98. The zero-order chi connectivity index (χ0) is 13.0. The van der Waals surface area contributed by atoms with Gasteiger partial charge in [-0.1, -0.05) is 25.5 Å². The number of benzene rings is 1. The largest absolute Gasteiger partial charge is 0.396 e. The molecule has 1 aliphatic carbocycles. The third-order valence-corrected chi connectivity index (χ3v) is 4.15. The summed E-state index contributed by atoms with van der Waals surface area (Å²) in [7, 11) is 0. The van der Waals surface area contributed by atoms with Gasteiger partial charge in [-0.2, -0.15) is 0 Å². The van der Waals surface area contributed by atoms with E-state index in [1.807, 2.05) is 6.07 Å². The molecule has 2 rings (SSSR count). The third-order valence-electron chi connectivity index (χ3n) is 4.15. The van der Waals surface area contributed by atoms with Crippen LogP contribution in [-0.2, 0) is 6.42 Å². The lowest BCUT2D eigenvalue weighted by molar-refractivity contribution is 0.181. The molecule has 0 saturated heterocycles. The first-order valence-corrected chi connectivity index (χ1v) is 7.13. The fourth-order valence-electron chi connectivity index (χ4n) is 3.00. The lowest BCUT2D eigenvalue weighted by Crippen LogP contribution is -2.16. The predicted octanol–water partition coefficient (Wildman–Crippen LogP) is 4.04. The lowest BCUT2D eigenvalue weighted by Gasteiger charge is -2.28.